The molecule has 0 spiro atoms. The highest BCUT2D eigenvalue weighted by Crippen LogP contribution is 2.28. The van der Waals surface area contributed by atoms with Gasteiger partial charge >= 0.3 is 0 Å². The molecule has 0 radical (unpaired) electrons. The first-order valence-corrected chi connectivity index (χ1v) is 4.42. The summed E-state index contributed by atoms with van der Waals surface area (Å²) in [5, 5.41) is 0. The molecule has 4 N–H and O–H groups in total. The van der Waals surface area contributed by atoms with Crippen LogP contribution in [0, 0.1) is 11.9 Å². The summed E-state index contributed by atoms with van der Waals surface area (Å²) in [6.45, 7) is 0. The number of hydrogen-bond acceptors (Lipinski definition) is 4. The van der Waals surface area contributed by atoms with Gasteiger partial charge in [-0.25, -0.2) is 9.97 Å². The number of nitrogens with two attached hydrogens (primary N) is 2. The van der Waals surface area contributed by atoms with Crippen LogP contribution in [0.1, 0.15) is 0 Å². The first kappa shape index (κ1) is 10.3. The number of pyridine rings is 2. The number of rotatable bonds is 1. The third kappa shape index (κ3) is 1.77. The Labute approximate surface area is 89.9 Å². The fourth-order valence-electron chi connectivity index (χ4n) is 1.36. The van der Waals surface area contributed by atoms with Crippen LogP contribution in [0.15, 0.2) is 24.3 Å². The zero-order valence-corrected chi connectivity index (χ0v) is 8.11. The van der Waals surface area contributed by atoms with Crippen molar-refractivity contribution in [1.29, 1.82) is 0 Å². The molecule has 16 heavy (non-hydrogen) atoms. The second-order valence-electron chi connectivity index (χ2n) is 3.13. The Kier molecular flexibility index (Phi) is 2.40. The Morgan fingerprint density at radius 2 is 1.12 bits per heavy atom. The predicted octanol–water partition coefficient (Wildman–Crippen LogP) is 1.59. The molecule has 0 saturated carbocycles. The summed E-state index contributed by atoms with van der Waals surface area (Å²) in [4.78, 5) is 6.90. The number of halogens is 2. The van der Waals surface area contributed by atoms with Gasteiger partial charge in [-0.05, 0) is 24.3 Å². The first-order chi connectivity index (χ1) is 7.58. The van der Waals surface area contributed by atoms with Gasteiger partial charge in [0.2, 0.25) is 11.9 Å². The molecule has 0 amide bonds. The van der Waals surface area contributed by atoms with Crippen LogP contribution in [-0.2, 0) is 0 Å². The van der Waals surface area contributed by atoms with Crippen LogP contribution in [-0.4, -0.2) is 9.97 Å². The van der Waals surface area contributed by atoms with Crippen LogP contribution in [0.25, 0.3) is 11.1 Å². The average molecular weight is 222 g/mol. The van der Waals surface area contributed by atoms with Crippen molar-refractivity contribution in [1.82, 2.24) is 9.97 Å². The summed E-state index contributed by atoms with van der Waals surface area (Å²) in [7, 11) is 0. The fourth-order valence-corrected chi connectivity index (χ4v) is 1.36. The molecule has 0 fully saturated rings. The molecule has 2 rings (SSSR count). The molecule has 0 aliphatic rings. The Hall–Kier alpha value is -2.24. The number of nitrogen functional groups attached to an aromatic ring is 2. The van der Waals surface area contributed by atoms with E-state index in [2.05, 4.69) is 9.97 Å². The molecule has 0 aromatic carbocycles. The Morgan fingerprint density at radius 3 is 1.44 bits per heavy atom. The number of hydrogen-bond donors (Lipinski definition) is 2. The minimum absolute atomic E-state index is 0.0138. The molecular weight excluding hydrogens is 214 g/mol. The largest absolute Gasteiger partial charge is 0.383 e. The molecule has 2 aromatic heterocycles. The lowest BCUT2D eigenvalue weighted by Crippen LogP contribution is -2.01. The maximum Gasteiger partial charge on any atom is 0.214 e. The molecule has 0 atom stereocenters. The lowest BCUT2D eigenvalue weighted by molar-refractivity contribution is 0.584. The molecule has 0 saturated heterocycles. The molecule has 4 nitrogen and oxygen atoms in total. The third-order valence-corrected chi connectivity index (χ3v) is 2.07. The van der Waals surface area contributed by atoms with E-state index < -0.39 is 11.9 Å². The molecule has 0 aliphatic carbocycles. The van der Waals surface area contributed by atoms with Gasteiger partial charge in [-0.2, -0.15) is 8.78 Å². The van der Waals surface area contributed by atoms with Gasteiger partial charge in [-0.3, -0.25) is 0 Å². The highest BCUT2D eigenvalue weighted by atomic mass is 19.1. The van der Waals surface area contributed by atoms with E-state index in [1.165, 1.54) is 12.1 Å². The summed E-state index contributed by atoms with van der Waals surface area (Å²) in [5.74, 6) is -1.40. The Balaban J connectivity index is 2.59. The van der Waals surface area contributed by atoms with Gasteiger partial charge in [0.05, 0.1) is 0 Å². The van der Waals surface area contributed by atoms with E-state index >= 15 is 0 Å². The lowest BCUT2D eigenvalue weighted by Gasteiger charge is -2.07. The van der Waals surface area contributed by atoms with E-state index in [-0.39, 0.29) is 11.6 Å². The highest BCUT2D eigenvalue weighted by molar-refractivity contribution is 5.80. The predicted molar refractivity (Wildman–Crippen MR) is 56.2 cm³/mol. The average Bonchev–Trinajstić information content (AvgIpc) is 2.19. The van der Waals surface area contributed by atoms with Crippen LogP contribution in [0.2, 0.25) is 0 Å². The van der Waals surface area contributed by atoms with Crippen molar-refractivity contribution in [3.63, 3.8) is 0 Å². The maximum absolute atomic E-state index is 12.7. The third-order valence-electron chi connectivity index (χ3n) is 2.07. The van der Waals surface area contributed by atoms with E-state index in [1.54, 1.807) is 0 Å². The topological polar surface area (TPSA) is 77.8 Å². The number of nitrogens with zero attached hydrogens (tertiary/aromatic N) is 2. The minimum atomic E-state index is -0.685. The molecular formula is C10H8F2N4. The summed E-state index contributed by atoms with van der Waals surface area (Å²) in [6, 6.07) is 5.13. The van der Waals surface area contributed by atoms with Crippen molar-refractivity contribution in [2.75, 3.05) is 11.5 Å². The van der Waals surface area contributed by atoms with E-state index in [9.17, 15) is 8.78 Å². The fraction of sp³-hybridized carbons (Fsp3) is 0. The van der Waals surface area contributed by atoms with Gasteiger partial charge in [-0.1, -0.05) is 0 Å². The van der Waals surface area contributed by atoms with Gasteiger partial charge in [0, 0.05) is 11.1 Å². The van der Waals surface area contributed by atoms with E-state index in [0.29, 0.717) is 11.1 Å². The SMILES string of the molecule is Nc1nc(F)ccc1-c1ccc(F)nc1N. The van der Waals surface area contributed by atoms with Gasteiger partial charge < -0.3 is 11.5 Å². The molecule has 82 valence electrons. The Morgan fingerprint density at radius 1 is 0.750 bits per heavy atom. The monoisotopic (exact) mass is 222 g/mol. The number of anilines is 2. The molecule has 2 heterocycles. The van der Waals surface area contributed by atoms with Gasteiger partial charge in [0.25, 0.3) is 0 Å². The minimum Gasteiger partial charge on any atom is -0.383 e. The van der Waals surface area contributed by atoms with Gasteiger partial charge in [0.1, 0.15) is 11.6 Å². The lowest BCUT2D eigenvalue weighted by atomic mass is 10.1. The molecule has 6 heteroatoms. The van der Waals surface area contributed by atoms with Crippen molar-refractivity contribution >= 4 is 11.6 Å². The summed E-state index contributed by atoms with van der Waals surface area (Å²) in [5.41, 5.74) is 11.9. The summed E-state index contributed by atoms with van der Waals surface area (Å²) < 4.78 is 25.5. The van der Waals surface area contributed by atoms with Crippen LogP contribution >= 0.6 is 0 Å². The van der Waals surface area contributed by atoms with Gasteiger partial charge in [-0.15, -0.1) is 0 Å². The second-order valence-corrected chi connectivity index (χ2v) is 3.13. The smallest absolute Gasteiger partial charge is 0.214 e. The van der Waals surface area contributed by atoms with Crippen molar-refractivity contribution in [3.05, 3.63) is 36.2 Å². The second kappa shape index (κ2) is 3.73. The van der Waals surface area contributed by atoms with Crippen molar-refractivity contribution in [2.24, 2.45) is 0 Å². The van der Waals surface area contributed by atoms with E-state index in [0.717, 1.165) is 12.1 Å². The zero-order chi connectivity index (χ0) is 11.7. The quantitative estimate of drug-likeness (QED) is 0.718. The molecule has 2 aromatic rings. The summed E-state index contributed by atoms with van der Waals surface area (Å²) >= 11 is 0. The van der Waals surface area contributed by atoms with Crippen LogP contribution in [0.5, 0.6) is 0 Å². The molecule has 0 unspecified atom stereocenters. The van der Waals surface area contributed by atoms with E-state index in [4.69, 9.17) is 11.5 Å². The normalized spacial score (nSPS) is 10.4. The van der Waals surface area contributed by atoms with Crippen molar-refractivity contribution in [2.45, 2.75) is 0 Å². The molecule has 0 aliphatic heterocycles. The summed E-state index contributed by atoms with van der Waals surface area (Å²) in [6.07, 6.45) is 0. The standard InChI is InChI=1S/C10H8F2N4/c11-7-3-1-5(9(13)15-7)6-2-4-8(12)16-10(6)14/h1-4H,(H2,13,15)(H2,14,16). The number of aromatic nitrogens is 2. The first-order valence-electron chi connectivity index (χ1n) is 4.42. The van der Waals surface area contributed by atoms with Crippen molar-refractivity contribution < 1.29 is 8.78 Å². The maximum atomic E-state index is 12.7. The van der Waals surface area contributed by atoms with Crippen molar-refractivity contribution in [3.8, 4) is 11.1 Å². The van der Waals surface area contributed by atoms with Crippen LogP contribution < -0.4 is 11.5 Å². The van der Waals surface area contributed by atoms with Crippen LogP contribution in [0.4, 0.5) is 20.4 Å². The highest BCUT2D eigenvalue weighted by Gasteiger charge is 2.10. The molecule has 0 bridgehead atoms. The Bertz CT molecular complexity index is 493. The van der Waals surface area contributed by atoms with Gasteiger partial charge in [0.15, 0.2) is 0 Å². The zero-order valence-electron chi connectivity index (χ0n) is 8.11. The van der Waals surface area contributed by atoms with E-state index in [1.807, 2.05) is 0 Å². The van der Waals surface area contributed by atoms with Crippen LogP contribution in [0.3, 0.4) is 0 Å².